The van der Waals surface area contributed by atoms with Gasteiger partial charge in [0.15, 0.2) is 0 Å². The molecule has 1 saturated heterocycles. The average Bonchev–Trinajstić information content (AvgIpc) is 2.72. The van der Waals surface area contributed by atoms with Crippen LogP contribution in [0.3, 0.4) is 0 Å². The van der Waals surface area contributed by atoms with E-state index in [1.807, 2.05) is 18.7 Å². The number of hydrogen-bond donors (Lipinski definition) is 2. The first-order chi connectivity index (χ1) is 9.33. The van der Waals surface area contributed by atoms with Gasteiger partial charge in [-0.05, 0) is 36.6 Å². The average molecular weight is 281 g/mol. The van der Waals surface area contributed by atoms with Gasteiger partial charge in [0, 0.05) is 19.2 Å². The molecule has 0 radical (unpaired) electrons. The van der Waals surface area contributed by atoms with Crippen molar-refractivity contribution < 1.29 is 19.4 Å². The van der Waals surface area contributed by atoms with Gasteiger partial charge in [0.1, 0.15) is 11.6 Å². The number of phenols is 1. The molecule has 2 N–H and O–H groups in total. The van der Waals surface area contributed by atoms with Gasteiger partial charge in [-0.25, -0.2) is 4.39 Å². The van der Waals surface area contributed by atoms with Crippen LogP contribution in [-0.4, -0.2) is 34.2 Å². The number of carboxylic acids is 1. The lowest BCUT2D eigenvalue weighted by molar-refractivity contribution is -0.151. The number of aliphatic carboxylic acids is 1. The number of rotatable bonds is 4. The zero-order chi connectivity index (χ0) is 14.9. The summed E-state index contributed by atoms with van der Waals surface area (Å²) < 4.78 is 13.2. The zero-order valence-corrected chi connectivity index (χ0v) is 11.8. The molecule has 0 aliphatic carbocycles. The van der Waals surface area contributed by atoms with Crippen LogP contribution in [0, 0.1) is 17.2 Å². The fourth-order valence-corrected chi connectivity index (χ4v) is 2.93. The molecule has 4 nitrogen and oxygen atoms in total. The van der Waals surface area contributed by atoms with Gasteiger partial charge < -0.3 is 10.2 Å². The molecule has 1 atom stereocenters. The molecule has 1 fully saturated rings. The summed E-state index contributed by atoms with van der Waals surface area (Å²) in [5.41, 5.74) is -0.0671. The molecule has 1 unspecified atom stereocenters. The Bertz CT molecular complexity index is 498. The summed E-state index contributed by atoms with van der Waals surface area (Å²) in [5, 5.41) is 18.9. The topological polar surface area (TPSA) is 60.8 Å². The molecular weight excluding hydrogens is 261 g/mol. The molecule has 1 heterocycles. The van der Waals surface area contributed by atoms with E-state index in [1.54, 1.807) is 0 Å². The van der Waals surface area contributed by atoms with Crippen molar-refractivity contribution in [2.24, 2.45) is 11.3 Å². The standard InChI is InChI=1S/C15H20FNO3/c1-10(2)15(14(19)20)3-4-17(9-15)8-11-5-12(16)7-13(18)6-11/h5-7,10,18H,3-4,8-9H2,1-2H3,(H,19,20). The lowest BCUT2D eigenvalue weighted by Gasteiger charge is -2.28. The molecule has 5 heteroatoms. The van der Waals surface area contributed by atoms with Crippen LogP contribution in [0.2, 0.25) is 0 Å². The minimum Gasteiger partial charge on any atom is -0.508 e. The van der Waals surface area contributed by atoms with E-state index in [2.05, 4.69) is 0 Å². The highest BCUT2D eigenvalue weighted by atomic mass is 19.1. The molecule has 20 heavy (non-hydrogen) atoms. The summed E-state index contributed by atoms with van der Waals surface area (Å²) in [4.78, 5) is 13.5. The summed E-state index contributed by atoms with van der Waals surface area (Å²) >= 11 is 0. The number of benzene rings is 1. The summed E-state index contributed by atoms with van der Waals surface area (Å²) in [6.07, 6.45) is 0.599. The predicted molar refractivity (Wildman–Crippen MR) is 72.9 cm³/mol. The number of likely N-dealkylation sites (tertiary alicyclic amines) is 1. The van der Waals surface area contributed by atoms with E-state index >= 15 is 0 Å². The molecule has 0 amide bonds. The number of carboxylic acid groups (broad SMARTS) is 1. The number of aromatic hydroxyl groups is 1. The highest BCUT2D eigenvalue weighted by Gasteiger charge is 2.47. The fourth-order valence-electron chi connectivity index (χ4n) is 2.93. The molecule has 0 saturated carbocycles. The van der Waals surface area contributed by atoms with E-state index in [1.165, 1.54) is 12.1 Å². The molecule has 1 aromatic rings. The van der Waals surface area contributed by atoms with Crippen molar-refractivity contribution in [3.63, 3.8) is 0 Å². The first-order valence-electron chi connectivity index (χ1n) is 6.78. The van der Waals surface area contributed by atoms with Crippen LogP contribution >= 0.6 is 0 Å². The summed E-state index contributed by atoms with van der Waals surface area (Å²) in [6.45, 7) is 5.42. The molecule has 110 valence electrons. The fraction of sp³-hybridized carbons (Fsp3) is 0.533. The third-order valence-electron chi connectivity index (χ3n) is 4.26. The van der Waals surface area contributed by atoms with Crippen molar-refractivity contribution in [1.29, 1.82) is 0 Å². The molecule has 0 bridgehead atoms. The molecular formula is C15H20FNO3. The third-order valence-corrected chi connectivity index (χ3v) is 4.26. The van der Waals surface area contributed by atoms with E-state index in [9.17, 15) is 19.4 Å². The Kier molecular flexibility index (Phi) is 3.99. The van der Waals surface area contributed by atoms with Crippen LogP contribution < -0.4 is 0 Å². The Hall–Kier alpha value is -1.62. The minimum atomic E-state index is -0.767. The molecule has 0 aromatic heterocycles. The van der Waals surface area contributed by atoms with Gasteiger partial charge in [0.05, 0.1) is 5.41 Å². The summed E-state index contributed by atoms with van der Waals surface area (Å²) in [6, 6.07) is 3.94. The quantitative estimate of drug-likeness (QED) is 0.890. The number of nitrogens with zero attached hydrogens (tertiary/aromatic N) is 1. The van der Waals surface area contributed by atoms with Crippen LogP contribution in [-0.2, 0) is 11.3 Å². The minimum absolute atomic E-state index is 0.0471. The van der Waals surface area contributed by atoms with Crippen molar-refractivity contribution in [3.05, 3.63) is 29.6 Å². The molecule has 1 aromatic carbocycles. The Balaban J connectivity index is 2.11. The van der Waals surface area contributed by atoms with Crippen LogP contribution in [0.25, 0.3) is 0 Å². The van der Waals surface area contributed by atoms with Gasteiger partial charge >= 0.3 is 5.97 Å². The van der Waals surface area contributed by atoms with Crippen molar-refractivity contribution in [2.45, 2.75) is 26.8 Å². The first kappa shape index (κ1) is 14.8. The maximum Gasteiger partial charge on any atom is 0.311 e. The predicted octanol–water partition coefficient (Wildman–Crippen LogP) is 2.46. The lowest BCUT2D eigenvalue weighted by Crippen LogP contribution is -2.39. The van der Waals surface area contributed by atoms with E-state index < -0.39 is 17.2 Å². The smallest absolute Gasteiger partial charge is 0.311 e. The maximum atomic E-state index is 13.2. The van der Waals surface area contributed by atoms with Gasteiger partial charge in [-0.2, -0.15) is 0 Å². The van der Waals surface area contributed by atoms with Gasteiger partial charge in [0.2, 0.25) is 0 Å². The third kappa shape index (κ3) is 2.77. The maximum absolute atomic E-state index is 13.2. The molecule has 0 spiro atoms. The van der Waals surface area contributed by atoms with Crippen molar-refractivity contribution in [1.82, 2.24) is 4.90 Å². The normalized spacial score (nSPS) is 23.4. The first-order valence-corrected chi connectivity index (χ1v) is 6.78. The van der Waals surface area contributed by atoms with E-state index in [-0.39, 0.29) is 11.7 Å². The molecule has 1 aliphatic rings. The monoisotopic (exact) mass is 281 g/mol. The number of phenolic OH excluding ortho intramolecular Hbond substituents is 1. The Labute approximate surface area is 117 Å². The number of hydrogen-bond acceptors (Lipinski definition) is 3. The summed E-state index contributed by atoms with van der Waals surface area (Å²) in [7, 11) is 0. The van der Waals surface area contributed by atoms with E-state index in [0.717, 1.165) is 6.07 Å². The second-order valence-corrected chi connectivity index (χ2v) is 5.89. The Morgan fingerprint density at radius 1 is 1.45 bits per heavy atom. The van der Waals surface area contributed by atoms with Gasteiger partial charge in [-0.1, -0.05) is 13.8 Å². The van der Waals surface area contributed by atoms with Crippen molar-refractivity contribution >= 4 is 5.97 Å². The second kappa shape index (κ2) is 5.40. The molecule has 1 aliphatic heterocycles. The highest BCUT2D eigenvalue weighted by Crippen LogP contribution is 2.38. The second-order valence-electron chi connectivity index (χ2n) is 5.89. The SMILES string of the molecule is CC(C)C1(C(=O)O)CCN(Cc2cc(O)cc(F)c2)C1. The Morgan fingerprint density at radius 2 is 2.15 bits per heavy atom. The van der Waals surface area contributed by atoms with Crippen LogP contribution in [0.4, 0.5) is 4.39 Å². The van der Waals surface area contributed by atoms with Gasteiger partial charge in [-0.15, -0.1) is 0 Å². The van der Waals surface area contributed by atoms with Crippen LogP contribution in [0.1, 0.15) is 25.8 Å². The van der Waals surface area contributed by atoms with Crippen LogP contribution in [0.5, 0.6) is 5.75 Å². The van der Waals surface area contributed by atoms with Crippen LogP contribution in [0.15, 0.2) is 18.2 Å². The van der Waals surface area contributed by atoms with Gasteiger partial charge in [-0.3, -0.25) is 9.69 Å². The number of carbonyl (C=O) groups is 1. The largest absolute Gasteiger partial charge is 0.508 e. The summed E-state index contributed by atoms with van der Waals surface area (Å²) in [5.74, 6) is -1.30. The highest BCUT2D eigenvalue weighted by molar-refractivity contribution is 5.75. The zero-order valence-electron chi connectivity index (χ0n) is 11.8. The Morgan fingerprint density at radius 3 is 2.65 bits per heavy atom. The van der Waals surface area contributed by atoms with E-state index in [4.69, 9.17) is 0 Å². The lowest BCUT2D eigenvalue weighted by atomic mass is 9.76. The van der Waals surface area contributed by atoms with Gasteiger partial charge in [0.25, 0.3) is 0 Å². The van der Waals surface area contributed by atoms with E-state index in [0.29, 0.717) is 31.6 Å². The molecule has 2 rings (SSSR count). The van der Waals surface area contributed by atoms with Crippen molar-refractivity contribution in [3.8, 4) is 5.75 Å². The van der Waals surface area contributed by atoms with Crippen molar-refractivity contribution in [2.75, 3.05) is 13.1 Å². The number of halogens is 1.